The Morgan fingerprint density at radius 2 is 2.04 bits per heavy atom. The van der Waals surface area contributed by atoms with Gasteiger partial charge in [0.05, 0.1) is 17.4 Å². The number of carbonyl (C=O) groups is 1. The molecule has 0 fully saturated rings. The number of benzene rings is 2. The van der Waals surface area contributed by atoms with Gasteiger partial charge in [-0.2, -0.15) is 9.57 Å². The lowest BCUT2D eigenvalue weighted by atomic mass is 10.0. The highest BCUT2D eigenvalue weighted by molar-refractivity contribution is 7.89. The molecule has 1 N–H and O–H groups in total. The fourth-order valence-electron chi connectivity index (χ4n) is 3.17. The van der Waals surface area contributed by atoms with Crippen LogP contribution in [0.15, 0.2) is 42.5 Å². The van der Waals surface area contributed by atoms with Crippen LogP contribution in [0.4, 0.5) is 5.69 Å². The Hall–Kier alpha value is -2.69. The molecule has 0 aromatic heterocycles. The predicted molar refractivity (Wildman–Crippen MR) is 104 cm³/mol. The molecule has 0 saturated carbocycles. The van der Waals surface area contributed by atoms with Crippen LogP contribution >= 0.6 is 0 Å². The molecule has 0 saturated heterocycles. The lowest BCUT2D eigenvalue weighted by Gasteiger charge is -2.28. The van der Waals surface area contributed by atoms with Gasteiger partial charge in [-0.25, -0.2) is 8.42 Å². The first kappa shape index (κ1) is 19.1. The highest BCUT2D eigenvalue weighted by Gasteiger charge is 2.26. The molecule has 0 radical (unpaired) electrons. The molecule has 0 aliphatic carbocycles. The van der Waals surface area contributed by atoms with Crippen LogP contribution in [-0.2, 0) is 23.0 Å². The van der Waals surface area contributed by atoms with Crippen molar-refractivity contribution in [1.29, 1.82) is 5.26 Å². The van der Waals surface area contributed by atoms with Crippen molar-refractivity contribution in [1.82, 2.24) is 4.31 Å². The van der Waals surface area contributed by atoms with Crippen LogP contribution in [0.25, 0.3) is 0 Å². The number of nitriles is 1. The lowest BCUT2D eigenvalue weighted by Crippen LogP contribution is -2.37. The van der Waals surface area contributed by atoms with Crippen LogP contribution in [-0.4, -0.2) is 30.9 Å². The molecule has 27 heavy (non-hydrogen) atoms. The maximum absolute atomic E-state index is 12.4. The summed E-state index contributed by atoms with van der Waals surface area (Å²) in [6, 6.07) is 14.1. The number of rotatable bonds is 5. The first-order valence-corrected chi connectivity index (χ1v) is 10.4. The number of fused-ring (bicyclic) bond motifs is 1. The van der Waals surface area contributed by atoms with Crippen molar-refractivity contribution in [2.75, 3.05) is 17.6 Å². The summed E-state index contributed by atoms with van der Waals surface area (Å²) < 4.78 is 26.2. The van der Waals surface area contributed by atoms with Crippen molar-refractivity contribution in [3.8, 4) is 6.07 Å². The van der Waals surface area contributed by atoms with E-state index in [1.165, 1.54) is 10.4 Å². The summed E-state index contributed by atoms with van der Waals surface area (Å²) in [7, 11) is -3.25. The standard InChI is InChI=1S/C20H21N3O3S/c1-2-10-27(25,26)23-9-8-16-6-7-19(12-18(16)14-23)22-20(24)17-5-3-4-15(11-17)13-21/h3-7,11-12H,2,8-10,14H2,1H3,(H,22,24). The Kier molecular flexibility index (Phi) is 5.59. The molecule has 2 aromatic rings. The third kappa shape index (κ3) is 4.35. The van der Waals surface area contributed by atoms with Crippen LogP contribution < -0.4 is 5.32 Å². The largest absolute Gasteiger partial charge is 0.322 e. The van der Waals surface area contributed by atoms with Crippen LogP contribution in [0.3, 0.4) is 0 Å². The number of nitrogens with one attached hydrogen (secondary N) is 1. The van der Waals surface area contributed by atoms with Gasteiger partial charge >= 0.3 is 0 Å². The minimum atomic E-state index is -3.25. The number of hydrogen-bond donors (Lipinski definition) is 1. The summed E-state index contributed by atoms with van der Waals surface area (Å²) in [5.74, 6) is -0.160. The van der Waals surface area contributed by atoms with Crippen LogP contribution in [0.5, 0.6) is 0 Å². The van der Waals surface area contributed by atoms with E-state index in [-0.39, 0.29) is 11.7 Å². The van der Waals surface area contributed by atoms with Gasteiger partial charge in [-0.3, -0.25) is 4.79 Å². The fourth-order valence-corrected chi connectivity index (χ4v) is 4.65. The predicted octanol–water partition coefficient (Wildman–Crippen LogP) is 2.91. The molecule has 1 aliphatic heterocycles. The van der Waals surface area contributed by atoms with E-state index in [1.807, 2.05) is 31.2 Å². The second-order valence-corrected chi connectivity index (χ2v) is 8.62. The summed E-state index contributed by atoms with van der Waals surface area (Å²) in [6.45, 7) is 2.66. The topological polar surface area (TPSA) is 90.3 Å². The smallest absolute Gasteiger partial charge is 0.255 e. The van der Waals surface area contributed by atoms with Crippen LogP contribution in [0.2, 0.25) is 0 Å². The second kappa shape index (κ2) is 7.91. The molecule has 0 bridgehead atoms. The van der Waals surface area contributed by atoms with Gasteiger partial charge in [0.15, 0.2) is 0 Å². The SMILES string of the molecule is CCCS(=O)(=O)N1CCc2ccc(NC(=O)c3cccc(C#N)c3)cc2C1. The molecule has 3 rings (SSSR count). The molecule has 7 heteroatoms. The minimum absolute atomic E-state index is 0.147. The third-order valence-corrected chi connectivity index (χ3v) is 6.57. The highest BCUT2D eigenvalue weighted by Crippen LogP contribution is 2.25. The van der Waals surface area contributed by atoms with Gasteiger partial charge in [0.2, 0.25) is 10.0 Å². The van der Waals surface area contributed by atoms with Crippen molar-refractivity contribution < 1.29 is 13.2 Å². The zero-order chi connectivity index (χ0) is 19.4. The maximum Gasteiger partial charge on any atom is 0.255 e. The van der Waals surface area contributed by atoms with E-state index in [4.69, 9.17) is 5.26 Å². The number of carbonyl (C=O) groups excluding carboxylic acids is 1. The van der Waals surface area contributed by atoms with Crippen molar-refractivity contribution >= 4 is 21.6 Å². The molecule has 1 amide bonds. The zero-order valence-corrected chi connectivity index (χ0v) is 15.9. The molecule has 0 atom stereocenters. The monoisotopic (exact) mass is 383 g/mol. The van der Waals surface area contributed by atoms with Gasteiger partial charge in [-0.1, -0.05) is 19.1 Å². The van der Waals surface area contributed by atoms with E-state index >= 15 is 0 Å². The minimum Gasteiger partial charge on any atom is -0.322 e. The Bertz CT molecular complexity index is 1010. The van der Waals surface area contributed by atoms with E-state index < -0.39 is 10.0 Å². The number of nitrogens with zero attached hydrogens (tertiary/aromatic N) is 2. The van der Waals surface area contributed by atoms with E-state index in [0.717, 1.165) is 11.1 Å². The van der Waals surface area contributed by atoms with Gasteiger partial charge < -0.3 is 5.32 Å². The quantitative estimate of drug-likeness (QED) is 0.859. The first-order valence-electron chi connectivity index (χ1n) is 8.84. The van der Waals surface area contributed by atoms with Gasteiger partial charge in [0, 0.05) is 24.3 Å². The summed E-state index contributed by atoms with van der Waals surface area (Å²) in [6.07, 6.45) is 1.25. The molecule has 140 valence electrons. The Morgan fingerprint density at radius 3 is 2.78 bits per heavy atom. The third-order valence-electron chi connectivity index (χ3n) is 4.55. The molecule has 0 spiro atoms. The average Bonchev–Trinajstić information content (AvgIpc) is 2.67. The van der Waals surface area contributed by atoms with E-state index in [1.54, 1.807) is 18.2 Å². The van der Waals surface area contributed by atoms with Crippen molar-refractivity contribution in [3.05, 3.63) is 64.7 Å². The van der Waals surface area contributed by atoms with E-state index in [0.29, 0.717) is 42.7 Å². The van der Waals surface area contributed by atoms with Crippen molar-refractivity contribution in [2.45, 2.75) is 26.3 Å². The molecular weight excluding hydrogens is 362 g/mol. The fraction of sp³-hybridized carbons (Fsp3) is 0.300. The summed E-state index contributed by atoms with van der Waals surface area (Å²) in [5.41, 5.74) is 3.44. The molecule has 1 heterocycles. The van der Waals surface area contributed by atoms with Gasteiger partial charge in [-0.15, -0.1) is 0 Å². The Morgan fingerprint density at radius 1 is 1.22 bits per heavy atom. The molecular formula is C20H21N3O3S. The Balaban J connectivity index is 1.78. The summed E-state index contributed by atoms with van der Waals surface area (Å²) in [4.78, 5) is 12.4. The first-order chi connectivity index (χ1) is 12.9. The van der Waals surface area contributed by atoms with Gasteiger partial charge in [0.25, 0.3) is 5.91 Å². The molecule has 1 aliphatic rings. The van der Waals surface area contributed by atoms with E-state index in [9.17, 15) is 13.2 Å². The van der Waals surface area contributed by atoms with Gasteiger partial charge in [-0.05, 0) is 54.3 Å². The summed E-state index contributed by atoms with van der Waals surface area (Å²) >= 11 is 0. The second-order valence-electron chi connectivity index (χ2n) is 6.53. The Labute approximate surface area is 159 Å². The van der Waals surface area contributed by atoms with Gasteiger partial charge in [0.1, 0.15) is 0 Å². The number of amides is 1. The maximum atomic E-state index is 12.4. The molecule has 2 aromatic carbocycles. The van der Waals surface area contributed by atoms with Crippen LogP contribution in [0, 0.1) is 11.3 Å². The zero-order valence-electron chi connectivity index (χ0n) is 15.1. The number of sulfonamides is 1. The van der Waals surface area contributed by atoms with Crippen LogP contribution in [0.1, 0.15) is 40.4 Å². The van der Waals surface area contributed by atoms with Crippen molar-refractivity contribution in [2.24, 2.45) is 0 Å². The lowest BCUT2D eigenvalue weighted by molar-refractivity contribution is 0.102. The highest BCUT2D eigenvalue weighted by atomic mass is 32.2. The van der Waals surface area contributed by atoms with Crippen molar-refractivity contribution in [3.63, 3.8) is 0 Å². The normalized spacial score (nSPS) is 14.2. The number of hydrogen-bond acceptors (Lipinski definition) is 4. The van der Waals surface area contributed by atoms with E-state index in [2.05, 4.69) is 5.32 Å². The number of anilines is 1. The molecule has 0 unspecified atom stereocenters. The average molecular weight is 383 g/mol. The molecule has 6 nitrogen and oxygen atoms in total. The summed E-state index contributed by atoms with van der Waals surface area (Å²) in [5, 5.41) is 11.8.